The van der Waals surface area contributed by atoms with Gasteiger partial charge in [0.05, 0.1) is 17.9 Å². The third kappa shape index (κ3) is 4.04. The topological polar surface area (TPSA) is 81.6 Å². The Morgan fingerprint density at radius 1 is 1.23 bits per heavy atom. The van der Waals surface area contributed by atoms with Gasteiger partial charge >= 0.3 is 0 Å². The molecule has 0 amide bonds. The summed E-state index contributed by atoms with van der Waals surface area (Å²) in [6.45, 7) is 12.8. The zero-order valence-electron chi connectivity index (χ0n) is 15.8. The van der Waals surface area contributed by atoms with Crippen molar-refractivity contribution < 1.29 is 9.90 Å². The number of aliphatic hydroxyl groups is 1. The summed E-state index contributed by atoms with van der Waals surface area (Å²) in [4.78, 5) is 26.6. The van der Waals surface area contributed by atoms with Gasteiger partial charge in [0.15, 0.2) is 5.78 Å². The van der Waals surface area contributed by atoms with Crippen LogP contribution in [0.15, 0.2) is 12.7 Å². The first-order valence-corrected chi connectivity index (χ1v) is 9.30. The molecule has 1 aromatic heterocycles. The predicted octanol–water partition coefficient (Wildman–Crippen LogP) is 1.34. The van der Waals surface area contributed by atoms with Crippen molar-refractivity contribution in [2.75, 3.05) is 56.1 Å². The molecular weight excluding hydrogens is 330 g/mol. The van der Waals surface area contributed by atoms with Gasteiger partial charge in [-0.05, 0) is 11.8 Å². The molecule has 0 aromatic carbocycles. The standard InChI is InChI=1S/C19H29N5O2/c1-4-5-20-17-16-14(12-19(2,3)13-15(16)26)21-18(22-17)24-8-6-23(7-9-24)10-11-25/h4,25H,1,5-13H2,2-3H3,(H,20,21,22). The Morgan fingerprint density at radius 3 is 2.62 bits per heavy atom. The van der Waals surface area contributed by atoms with Crippen LogP contribution < -0.4 is 10.2 Å². The van der Waals surface area contributed by atoms with Gasteiger partial charge in [-0.2, -0.15) is 4.98 Å². The number of piperazine rings is 1. The van der Waals surface area contributed by atoms with Crippen molar-refractivity contribution >= 4 is 17.5 Å². The van der Waals surface area contributed by atoms with Crippen LogP contribution in [0.5, 0.6) is 0 Å². The van der Waals surface area contributed by atoms with E-state index >= 15 is 0 Å². The van der Waals surface area contributed by atoms with Gasteiger partial charge in [-0.3, -0.25) is 9.69 Å². The number of Topliss-reactive ketones (excluding diaryl/α,β-unsaturated/α-hetero) is 1. The molecule has 2 heterocycles. The van der Waals surface area contributed by atoms with Crippen molar-refractivity contribution in [1.82, 2.24) is 14.9 Å². The molecule has 1 fully saturated rings. The molecule has 1 saturated heterocycles. The van der Waals surface area contributed by atoms with Gasteiger partial charge in [0.25, 0.3) is 0 Å². The van der Waals surface area contributed by atoms with Crippen LogP contribution in [-0.2, 0) is 6.42 Å². The molecule has 3 rings (SSSR count). The maximum atomic E-state index is 12.7. The fourth-order valence-electron chi connectivity index (χ4n) is 3.71. The first kappa shape index (κ1) is 18.8. The van der Waals surface area contributed by atoms with Gasteiger partial charge in [0.1, 0.15) is 5.82 Å². The van der Waals surface area contributed by atoms with Gasteiger partial charge in [0.2, 0.25) is 5.95 Å². The van der Waals surface area contributed by atoms with Crippen LogP contribution in [0.25, 0.3) is 0 Å². The number of aliphatic hydroxyl groups excluding tert-OH is 1. The fraction of sp³-hybridized carbons (Fsp3) is 0.632. The number of carbonyl (C=O) groups excluding carboxylic acids is 1. The number of nitrogens with one attached hydrogen (secondary N) is 1. The highest BCUT2D eigenvalue weighted by molar-refractivity contribution is 6.03. The second kappa shape index (κ2) is 7.72. The van der Waals surface area contributed by atoms with Gasteiger partial charge in [-0.1, -0.05) is 19.9 Å². The Bertz CT molecular complexity index is 681. The summed E-state index contributed by atoms with van der Waals surface area (Å²) in [6.07, 6.45) is 3.06. The van der Waals surface area contributed by atoms with Crippen LogP contribution >= 0.6 is 0 Å². The van der Waals surface area contributed by atoms with Gasteiger partial charge in [-0.15, -0.1) is 6.58 Å². The number of anilines is 2. The number of rotatable bonds is 6. The molecule has 1 aliphatic heterocycles. The number of carbonyl (C=O) groups is 1. The summed E-state index contributed by atoms with van der Waals surface area (Å²) in [5.74, 6) is 1.43. The van der Waals surface area contributed by atoms with Crippen molar-refractivity contribution in [3.05, 3.63) is 23.9 Å². The maximum absolute atomic E-state index is 12.7. The van der Waals surface area contributed by atoms with E-state index in [1.165, 1.54) is 0 Å². The third-order valence-corrected chi connectivity index (χ3v) is 5.02. The number of β-amino-alcohol motifs (C(OH)–C–C–N with tert-alkyl or cyclic N) is 1. The maximum Gasteiger partial charge on any atom is 0.227 e. The van der Waals surface area contributed by atoms with Gasteiger partial charge in [-0.25, -0.2) is 4.98 Å². The van der Waals surface area contributed by atoms with Crippen molar-refractivity contribution in [3.63, 3.8) is 0 Å². The molecule has 1 aromatic rings. The van der Waals surface area contributed by atoms with Crippen molar-refractivity contribution in [1.29, 1.82) is 0 Å². The van der Waals surface area contributed by atoms with Crippen LogP contribution in [0.3, 0.4) is 0 Å². The first-order chi connectivity index (χ1) is 12.4. The molecular formula is C19H29N5O2. The molecule has 2 aliphatic rings. The molecule has 7 heteroatoms. The Balaban J connectivity index is 1.90. The van der Waals surface area contributed by atoms with Gasteiger partial charge < -0.3 is 15.3 Å². The van der Waals surface area contributed by atoms with E-state index in [4.69, 9.17) is 10.1 Å². The molecule has 26 heavy (non-hydrogen) atoms. The summed E-state index contributed by atoms with van der Waals surface area (Å²) in [7, 11) is 0. The highest BCUT2D eigenvalue weighted by Gasteiger charge is 2.35. The molecule has 2 N–H and O–H groups in total. The molecule has 0 atom stereocenters. The second-order valence-electron chi connectivity index (χ2n) is 7.86. The number of fused-ring (bicyclic) bond motifs is 1. The Labute approximate surface area is 155 Å². The van der Waals surface area contributed by atoms with E-state index in [9.17, 15) is 4.79 Å². The molecule has 0 bridgehead atoms. The minimum absolute atomic E-state index is 0.0781. The average Bonchev–Trinajstić information content (AvgIpc) is 2.59. The summed E-state index contributed by atoms with van der Waals surface area (Å²) in [6, 6.07) is 0. The van der Waals surface area contributed by atoms with E-state index < -0.39 is 0 Å². The van der Waals surface area contributed by atoms with Crippen LogP contribution in [0.1, 0.15) is 36.3 Å². The Morgan fingerprint density at radius 2 is 1.96 bits per heavy atom. The van der Waals surface area contributed by atoms with E-state index in [-0.39, 0.29) is 17.8 Å². The highest BCUT2D eigenvalue weighted by Crippen LogP contribution is 2.37. The number of hydrogen-bond acceptors (Lipinski definition) is 7. The zero-order valence-corrected chi connectivity index (χ0v) is 15.8. The minimum Gasteiger partial charge on any atom is -0.395 e. The Kier molecular flexibility index (Phi) is 5.58. The SMILES string of the molecule is C=CCNc1nc(N2CCN(CCO)CC2)nc2c1C(=O)CC(C)(C)C2. The lowest BCUT2D eigenvalue weighted by atomic mass is 9.75. The van der Waals surface area contributed by atoms with Gasteiger partial charge in [0, 0.05) is 45.7 Å². The van der Waals surface area contributed by atoms with Crippen molar-refractivity contribution in [3.8, 4) is 0 Å². The molecule has 0 radical (unpaired) electrons. The molecule has 1 aliphatic carbocycles. The van der Waals surface area contributed by atoms with Crippen LogP contribution in [0.2, 0.25) is 0 Å². The van der Waals surface area contributed by atoms with Crippen molar-refractivity contribution in [2.45, 2.75) is 26.7 Å². The van der Waals surface area contributed by atoms with Crippen molar-refractivity contribution in [2.24, 2.45) is 5.41 Å². The fourth-order valence-corrected chi connectivity index (χ4v) is 3.71. The smallest absolute Gasteiger partial charge is 0.227 e. The summed E-state index contributed by atoms with van der Waals surface area (Å²) in [5, 5.41) is 12.3. The lowest BCUT2D eigenvalue weighted by Crippen LogP contribution is -2.48. The predicted molar refractivity (Wildman–Crippen MR) is 103 cm³/mol. The number of hydrogen-bond donors (Lipinski definition) is 2. The Hall–Kier alpha value is -1.99. The number of aromatic nitrogens is 2. The lowest BCUT2D eigenvalue weighted by Gasteiger charge is -2.36. The molecule has 0 unspecified atom stereocenters. The van der Waals surface area contributed by atoms with E-state index in [1.54, 1.807) is 6.08 Å². The highest BCUT2D eigenvalue weighted by atomic mass is 16.3. The summed E-state index contributed by atoms with van der Waals surface area (Å²) < 4.78 is 0. The molecule has 0 saturated carbocycles. The average molecular weight is 359 g/mol. The van der Waals surface area contributed by atoms with E-state index in [0.717, 1.165) is 38.3 Å². The quantitative estimate of drug-likeness (QED) is 0.742. The molecule has 7 nitrogen and oxygen atoms in total. The third-order valence-electron chi connectivity index (χ3n) is 5.02. The second-order valence-corrected chi connectivity index (χ2v) is 7.86. The first-order valence-electron chi connectivity index (χ1n) is 9.30. The van der Waals surface area contributed by atoms with Crippen LogP contribution in [0, 0.1) is 5.41 Å². The van der Waals surface area contributed by atoms with E-state index in [1.807, 2.05) is 0 Å². The largest absolute Gasteiger partial charge is 0.395 e. The van der Waals surface area contributed by atoms with E-state index in [2.05, 4.69) is 40.5 Å². The van der Waals surface area contributed by atoms with Crippen LogP contribution in [0.4, 0.5) is 11.8 Å². The number of nitrogens with zero attached hydrogens (tertiary/aromatic N) is 4. The minimum atomic E-state index is -0.0781. The van der Waals surface area contributed by atoms with Crippen LogP contribution in [-0.4, -0.2) is 71.6 Å². The monoisotopic (exact) mass is 359 g/mol. The normalized spacial score (nSPS) is 20.0. The molecule has 142 valence electrons. The number of ketones is 1. The van der Waals surface area contributed by atoms with E-state index in [0.29, 0.717) is 36.8 Å². The summed E-state index contributed by atoms with van der Waals surface area (Å²) >= 11 is 0. The summed E-state index contributed by atoms with van der Waals surface area (Å²) in [5.41, 5.74) is 1.42. The lowest BCUT2D eigenvalue weighted by molar-refractivity contribution is 0.0911. The zero-order chi connectivity index (χ0) is 18.7. The molecule has 0 spiro atoms.